The summed E-state index contributed by atoms with van der Waals surface area (Å²) in [5.41, 5.74) is 5.16. The number of aliphatic hydroxyl groups is 2. The maximum absolute atomic E-state index is 12.3. The van der Waals surface area contributed by atoms with Crippen LogP contribution in [0.2, 0.25) is 0 Å². The first kappa shape index (κ1) is 22.1. The molecule has 0 aliphatic heterocycles. The number of benzene rings is 2. The molecule has 4 nitrogen and oxygen atoms in total. The van der Waals surface area contributed by atoms with Gasteiger partial charge in [0.15, 0.2) is 0 Å². The van der Waals surface area contributed by atoms with E-state index >= 15 is 0 Å². The number of unbranched alkanes of at least 4 members (excludes halogenated alkanes) is 2. The Morgan fingerprint density at radius 1 is 1.07 bits per heavy atom. The van der Waals surface area contributed by atoms with Gasteiger partial charge in [-0.15, -0.1) is 0 Å². The van der Waals surface area contributed by atoms with E-state index < -0.39 is 6.10 Å². The molecule has 0 saturated heterocycles. The first-order valence-electron chi connectivity index (χ1n) is 10.9. The zero-order valence-electron chi connectivity index (χ0n) is 17.7. The molecule has 0 amide bonds. The van der Waals surface area contributed by atoms with Gasteiger partial charge >= 0.3 is 0 Å². The van der Waals surface area contributed by atoms with E-state index in [0.29, 0.717) is 25.7 Å². The molecule has 0 aliphatic rings. The lowest BCUT2D eigenvalue weighted by Gasteiger charge is -2.11. The predicted octanol–water partition coefficient (Wildman–Crippen LogP) is 4.88. The number of pyridine rings is 1. The topological polar surface area (TPSA) is 70.4 Å². The molecule has 1 aromatic heterocycles. The van der Waals surface area contributed by atoms with Crippen molar-refractivity contribution in [2.45, 2.75) is 58.0 Å². The molecule has 1 heterocycles. The highest BCUT2D eigenvalue weighted by molar-refractivity contribution is 5.95. The smallest absolute Gasteiger partial charge is 0.137 e. The van der Waals surface area contributed by atoms with Crippen LogP contribution in [0.15, 0.2) is 54.7 Å². The molecule has 0 fully saturated rings. The number of aromatic nitrogens is 1. The van der Waals surface area contributed by atoms with Crippen molar-refractivity contribution in [3.63, 3.8) is 0 Å². The van der Waals surface area contributed by atoms with E-state index in [1.807, 2.05) is 30.5 Å². The number of aliphatic hydroxyl groups excluding tert-OH is 2. The lowest BCUT2D eigenvalue weighted by Crippen LogP contribution is -2.12. The van der Waals surface area contributed by atoms with Gasteiger partial charge in [-0.1, -0.05) is 56.2 Å². The van der Waals surface area contributed by atoms with Gasteiger partial charge < -0.3 is 10.2 Å². The minimum Gasteiger partial charge on any atom is -0.394 e. The average molecular weight is 406 g/mol. The van der Waals surface area contributed by atoms with Crippen molar-refractivity contribution in [3.05, 3.63) is 65.9 Å². The number of ketones is 1. The van der Waals surface area contributed by atoms with Crippen molar-refractivity contribution in [2.75, 3.05) is 6.61 Å². The fourth-order valence-corrected chi connectivity index (χ4v) is 3.75. The molecule has 3 aromatic rings. The maximum atomic E-state index is 12.3. The molecule has 0 spiro atoms. The number of nitrogens with zero attached hydrogens (tertiary/aromatic N) is 1. The van der Waals surface area contributed by atoms with Crippen molar-refractivity contribution < 1.29 is 15.0 Å². The first-order valence-corrected chi connectivity index (χ1v) is 10.9. The lowest BCUT2D eigenvalue weighted by molar-refractivity contribution is -0.118. The molecule has 2 aromatic carbocycles. The number of carbonyl (C=O) groups is 1. The van der Waals surface area contributed by atoms with Crippen LogP contribution in [0.4, 0.5) is 0 Å². The van der Waals surface area contributed by atoms with Gasteiger partial charge in [-0.05, 0) is 53.6 Å². The summed E-state index contributed by atoms with van der Waals surface area (Å²) in [6.07, 6.45) is 6.60. The number of hydrogen-bond donors (Lipinski definition) is 2. The van der Waals surface area contributed by atoms with Gasteiger partial charge in [-0.2, -0.15) is 0 Å². The molecule has 0 bridgehead atoms. The fourth-order valence-electron chi connectivity index (χ4n) is 3.75. The maximum Gasteiger partial charge on any atom is 0.137 e. The third-order valence-corrected chi connectivity index (χ3v) is 5.46. The van der Waals surface area contributed by atoms with Crippen LogP contribution in [0.3, 0.4) is 0 Å². The molecule has 2 N–H and O–H groups in total. The van der Waals surface area contributed by atoms with Gasteiger partial charge in [0.1, 0.15) is 5.78 Å². The number of Topliss-reactive ketones (excluding diaryl/α,β-unsaturated/α-hetero) is 1. The molecule has 0 aliphatic carbocycles. The Morgan fingerprint density at radius 3 is 2.70 bits per heavy atom. The van der Waals surface area contributed by atoms with E-state index in [1.54, 1.807) is 0 Å². The highest BCUT2D eigenvalue weighted by Crippen LogP contribution is 2.29. The highest BCUT2D eigenvalue weighted by Gasteiger charge is 2.10. The SMILES string of the molecule is CCCCCC(=O)Cc1cnc2cccc(-c3cccc(CCC(O)CO)c3)c2c1. The van der Waals surface area contributed by atoms with Crippen LogP contribution in [0.1, 0.15) is 50.2 Å². The van der Waals surface area contributed by atoms with Crippen molar-refractivity contribution >= 4 is 16.7 Å². The summed E-state index contributed by atoms with van der Waals surface area (Å²) in [4.78, 5) is 16.9. The molecule has 0 radical (unpaired) electrons. The van der Waals surface area contributed by atoms with Crippen LogP contribution in [-0.4, -0.2) is 33.7 Å². The minimum atomic E-state index is -0.687. The molecule has 0 saturated carbocycles. The molecule has 30 heavy (non-hydrogen) atoms. The summed E-state index contributed by atoms with van der Waals surface area (Å²) in [5.74, 6) is 0.270. The minimum absolute atomic E-state index is 0.214. The summed E-state index contributed by atoms with van der Waals surface area (Å²) in [7, 11) is 0. The van der Waals surface area contributed by atoms with E-state index in [0.717, 1.165) is 52.4 Å². The summed E-state index contributed by atoms with van der Waals surface area (Å²) in [5, 5.41) is 19.7. The molecular weight excluding hydrogens is 374 g/mol. The molecule has 1 atom stereocenters. The van der Waals surface area contributed by atoms with Crippen LogP contribution in [-0.2, 0) is 17.6 Å². The van der Waals surface area contributed by atoms with E-state index in [1.165, 1.54) is 0 Å². The molecule has 1 unspecified atom stereocenters. The van der Waals surface area contributed by atoms with Crippen molar-refractivity contribution in [1.29, 1.82) is 0 Å². The second-order valence-corrected chi connectivity index (χ2v) is 7.96. The van der Waals surface area contributed by atoms with Crippen molar-refractivity contribution in [3.8, 4) is 11.1 Å². The third kappa shape index (κ3) is 5.97. The first-order chi connectivity index (χ1) is 14.6. The third-order valence-electron chi connectivity index (χ3n) is 5.46. The quantitative estimate of drug-likeness (QED) is 0.446. The van der Waals surface area contributed by atoms with Gasteiger partial charge in [0.05, 0.1) is 18.2 Å². The zero-order valence-corrected chi connectivity index (χ0v) is 17.7. The molecule has 4 heteroatoms. The van der Waals surface area contributed by atoms with Gasteiger partial charge in [0, 0.05) is 24.4 Å². The van der Waals surface area contributed by atoms with Crippen molar-refractivity contribution in [1.82, 2.24) is 4.98 Å². The Morgan fingerprint density at radius 2 is 1.90 bits per heavy atom. The van der Waals surface area contributed by atoms with E-state index in [-0.39, 0.29) is 12.4 Å². The number of hydrogen-bond acceptors (Lipinski definition) is 4. The number of rotatable bonds is 11. The van der Waals surface area contributed by atoms with Gasteiger partial charge in [0.25, 0.3) is 0 Å². The second kappa shape index (κ2) is 11.0. The Kier molecular flexibility index (Phi) is 8.12. The number of carbonyl (C=O) groups excluding carboxylic acids is 1. The van der Waals surface area contributed by atoms with E-state index in [9.17, 15) is 9.90 Å². The average Bonchev–Trinajstić information content (AvgIpc) is 2.77. The molecule has 3 rings (SSSR count). The summed E-state index contributed by atoms with van der Waals surface area (Å²) >= 11 is 0. The molecule has 158 valence electrons. The van der Waals surface area contributed by atoms with Crippen LogP contribution < -0.4 is 0 Å². The Bertz CT molecular complexity index is 983. The fraction of sp³-hybridized carbons (Fsp3) is 0.385. The standard InChI is InChI=1S/C26H31NO3/c1-2-3-4-9-22(29)15-20-16-25-24(10-6-11-26(25)27-17-20)21-8-5-7-19(14-21)12-13-23(30)18-28/h5-8,10-11,14,16-17,23,28,30H,2-4,9,12-13,15,18H2,1H3. The summed E-state index contributed by atoms with van der Waals surface area (Å²) in [6.45, 7) is 1.93. The van der Waals surface area contributed by atoms with E-state index in [4.69, 9.17) is 5.11 Å². The van der Waals surface area contributed by atoms with Crippen molar-refractivity contribution in [2.24, 2.45) is 0 Å². The highest BCUT2D eigenvalue weighted by atomic mass is 16.3. The lowest BCUT2D eigenvalue weighted by atomic mass is 9.96. The van der Waals surface area contributed by atoms with Gasteiger partial charge in [0.2, 0.25) is 0 Å². The Hall–Kier alpha value is -2.56. The monoisotopic (exact) mass is 405 g/mol. The Labute approximate surface area is 178 Å². The number of aryl methyl sites for hydroxylation is 1. The largest absolute Gasteiger partial charge is 0.394 e. The van der Waals surface area contributed by atoms with Gasteiger partial charge in [-0.25, -0.2) is 0 Å². The van der Waals surface area contributed by atoms with Crippen LogP contribution in [0.5, 0.6) is 0 Å². The van der Waals surface area contributed by atoms with Crippen LogP contribution >= 0.6 is 0 Å². The van der Waals surface area contributed by atoms with E-state index in [2.05, 4.69) is 36.2 Å². The normalized spacial score (nSPS) is 12.2. The van der Waals surface area contributed by atoms with Crippen LogP contribution in [0.25, 0.3) is 22.0 Å². The zero-order chi connectivity index (χ0) is 21.3. The van der Waals surface area contributed by atoms with Crippen LogP contribution in [0, 0.1) is 0 Å². The molecular formula is C26H31NO3. The number of fused-ring (bicyclic) bond motifs is 1. The summed E-state index contributed by atoms with van der Waals surface area (Å²) in [6, 6.07) is 16.4. The van der Waals surface area contributed by atoms with Gasteiger partial charge in [-0.3, -0.25) is 9.78 Å². The summed E-state index contributed by atoms with van der Waals surface area (Å²) < 4.78 is 0. The Balaban J connectivity index is 1.84. The second-order valence-electron chi connectivity index (χ2n) is 7.96. The predicted molar refractivity (Wildman–Crippen MR) is 121 cm³/mol.